The van der Waals surface area contributed by atoms with Gasteiger partial charge < -0.3 is 9.64 Å². The van der Waals surface area contributed by atoms with Crippen LogP contribution in [0.3, 0.4) is 0 Å². The van der Waals surface area contributed by atoms with E-state index in [1.807, 2.05) is 6.92 Å². The highest BCUT2D eigenvalue weighted by atomic mass is 16.5. The van der Waals surface area contributed by atoms with Gasteiger partial charge in [-0.05, 0) is 48.7 Å². The average Bonchev–Trinajstić information content (AvgIpc) is 3.19. The summed E-state index contributed by atoms with van der Waals surface area (Å²) in [6, 6.07) is 26.7. The van der Waals surface area contributed by atoms with E-state index in [2.05, 4.69) is 95.5 Å². The number of hydrogen-bond donors (Lipinski definition) is 2. The topological polar surface area (TPSA) is 36.5 Å². The van der Waals surface area contributed by atoms with Crippen molar-refractivity contribution in [3.63, 3.8) is 0 Å². The lowest BCUT2D eigenvalue weighted by atomic mass is 9.81. The number of hydrogen-bond acceptors (Lipinski definition) is 4. The second-order valence-corrected chi connectivity index (χ2v) is 8.34. The lowest BCUT2D eigenvalue weighted by molar-refractivity contribution is 0.339. The van der Waals surface area contributed by atoms with Gasteiger partial charge in [0.05, 0.1) is 18.7 Å². The third kappa shape index (κ3) is 3.57. The van der Waals surface area contributed by atoms with Crippen LogP contribution in [0.2, 0.25) is 0 Å². The molecule has 2 N–H and O–H groups in total. The lowest BCUT2D eigenvalue weighted by Crippen LogP contribution is -2.39. The molecule has 0 radical (unpaired) electrons. The Labute approximate surface area is 178 Å². The Kier molecular flexibility index (Phi) is 5.19. The van der Waals surface area contributed by atoms with Gasteiger partial charge in [0.2, 0.25) is 0 Å². The molecule has 30 heavy (non-hydrogen) atoms. The van der Waals surface area contributed by atoms with Crippen molar-refractivity contribution in [2.45, 2.75) is 32.5 Å². The van der Waals surface area contributed by atoms with Gasteiger partial charge in [-0.2, -0.15) is 0 Å². The fourth-order valence-corrected chi connectivity index (χ4v) is 4.89. The Morgan fingerprint density at radius 1 is 0.933 bits per heavy atom. The molecule has 2 aliphatic heterocycles. The molecule has 0 saturated carbocycles. The third-order valence-corrected chi connectivity index (χ3v) is 6.31. The maximum absolute atomic E-state index is 5.63. The summed E-state index contributed by atoms with van der Waals surface area (Å²) in [5.74, 6) is 1.38. The molecule has 4 heteroatoms. The van der Waals surface area contributed by atoms with Crippen LogP contribution >= 0.6 is 0 Å². The summed E-state index contributed by atoms with van der Waals surface area (Å²) in [6.07, 6.45) is 0. The number of nitrogens with one attached hydrogen (secondary N) is 2. The van der Waals surface area contributed by atoms with E-state index in [1.165, 1.54) is 27.9 Å². The zero-order valence-corrected chi connectivity index (χ0v) is 17.6. The molecule has 154 valence electrons. The van der Waals surface area contributed by atoms with Crippen molar-refractivity contribution >= 4 is 5.69 Å². The highest BCUT2D eigenvalue weighted by molar-refractivity contribution is 5.59. The minimum Gasteiger partial charge on any atom is -0.494 e. The predicted molar refractivity (Wildman–Crippen MR) is 122 cm³/mol. The molecular formula is C26H29N3O. The Balaban J connectivity index is 1.47. The Morgan fingerprint density at radius 3 is 2.47 bits per heavy atom. The third-order valence-electron chi connectivity index (χ3n) is 6.31. The van der Waals surface area contributed by atoms with Crippen molar-refractivity contribution in [3.8, 4) is 5.75 Å². The molecule has 0 aliphatic carbocycles. The molecule has 3 aromatic carbocycles. The summed E-state index contributed by atoms with van der Waals surface area (Å²) < 4.78 is 5.63. The highest BCUT2D eigenvalue weighted by Gasteiger charge is 2.43. The number of benzene rings is 3. The van der Waals surface area contributed by atoms with Crippen LogP contribution in [0, 0.1) is 12.8 Å². The Morgan fingerprint density at radius 2 is 1.70 bits per heavy atom. The van der Waals surface area contributed by atoms with Gasteiger partial charge in [-0.3, -0.25) is 0 Å². The number of ether oxygens (including phenoxy) is 1. The zero-order chi connectivity index (χ0) is 20.5. The average molecular weight is 400 g/mol. The molecule has 3 unspecified atom stereocenters. The fourth-order valence-electron chi connectivity index (χ4n) is 4.89. The van der Waals surface area contributed by atoms with Crippen LogP contribution in [-0.4, -0.2) is 13.2 Å². The molecule has 1 fully saturated rings. The molecule has 0 spiro atoms. The number of hydrazine groups is 1. The molecule has 4 nitrogen and oxygen atoms in total. The van der Waals surface area contributed by atoms with Crippen LogP contribution in [0.25, 0.3) is 0 Å². The van der Waals surface area contributed by atoms with Gasteiger partial charge in [-0.1, -0.05) is 60.2 Å². The van der Waals surface area contributed by atoms with Crippen molar-refractivity contribution in [1.82, 2.24) is 10.9 Å². The van der Waals surface area contributed by atoms with Crippen LogP contribution < -0.4 is 20.5 Å². The van der Waals surface area contributed by atoms with Crippen molar-refractivity contribution in [3.05, 3.63) is 95.1 Å². The molecule has 0 bridgehead atoms. The first-order chi connectivity index (χ1) is 14.7. The van der Waals surface area contributed by atoms with Gasteiger partial charge in [0.1, 0.15) is 5.75 Å². The predicted octanol–water partition coefficient (Wildman–Crippen LogP) is 4.92. The number of anilines is 1. The quantitative estimate of drug-likeness (QED) is 0.638. The molecule has 0 aromatic heterocycles. The number of fused-ring (bicyclic) bond motifs is 3. The number of aryl methyl sites for hydroxylation is 1. The Bertz CT molecular complexity index is 1000. The molecular weight excluding hydrogens is 370 g/mol. The Hall–Kier alpha value is -2.82. The van der Waals surface area contributed by atoms with Gasteiger partial charge in [0.25, 0.3) is 0 Å². The minimum atomic E-state index is 0.262. The van der Waals surface area contributed by atoms with Gasteiger partial charge >= 0.3 is 0 Å². The zero-order valence-electron chi connectivity index (χ0n) is 17.6. The maximum Gasteiger partial charge on any atom is 0.119 e. The smallest absolute Gasteiger partial charge is 0.119 e. The second-order valence-electron chi connectivity index (χ2n) is 8.34. The number of nitrogens with zero attached hydrogens (tertiary/aromatic N) is 1. The van der Waals surface area contributed by atoms with Crippen LogP contribution in [0.15, 0.2) is 72.8 Å². The summed E-state index contributed by atoms with van der Waals surface area (Å²) in [5, 5.41) is 0. The molecule has 3 atom stereocenters. The first kappa shape index (κ1) is 19.2. The van der Waals surface area contributed by atoms with E-state index in [0.29, 0.717) is 18.6 Å². The largest absolute Gasteiger partial charge is 0.494 e. The van der Waals surface area contributed by atoms with E-state index in [4.69, 9.17) is 4.74 Å². The monoisotopic (exact) mass is 399 g/mol. The summed E-state index contributed by atoms with van der Waals surface area (Å²) in [5.41, 5.74) is 13.9. The minimum absolute atomic E-state index is 0.262. The molecule has 0 amide bonds. The lowest BCUT2D eigenvalue weighted by Gasteiger charge is -2.39. The summed E-state index contributed by atoms with van der Waals surface area (Å²) in [4.78, 5) is 2.54. The first-order valence-electron chi connectivity index (χ1n) is 10.9. The van der Waals surface area contributed by atoms with Crippen LogP contribution in [0.5, 0.6) is 5.75 Å². The molecule has 5 rings (SSSR count). The van der Waals surface area contributed by atoms with Gasteiger partial charge in [-0.15, -0.1) is 0 Å². The fraction of sp³-hybridized carbons (Fsp3) is 0.308. The number of rotatable bonds is 5. The van der Waals surface area contributed by atoms with E-state index < -0.39 is 0 Å². The highest BCUT2D eigenvalue weighted by Crippen LogP contribution is 2.46. The van der Waals surface area contributed by atoms with Crippen molar-refractivity contribution < 1.29 is 4.74 Å². The molecule has 2 aliphatic rings. The van der Waals surface area contributed by atoms with E-state index in [9.17, 15) is 0 Å². The van der Waals surface area contributed by atoms with Crippen LogP contribution in [-0.2, 0) is 6.54 Å². The van der Waals surface area contributed by atoms with Gasteiger partial charge in [0, 0.05) is 24.7 Å². The summed E-state index contributed by atoms with van der Waals surface area (Å²) >= 11 is 0. The van der Waals surface area contributed by atoms with Crippen LogP contribution in [0.1, 0.15) is 41.3 Å². The summed E-state index contributed by atoms with van der Waals surface area (Å²) in [7, 11) is 0. The summed E-state index contributed by atoms with van der Waals surface area (Å²) in [6.45, 7) is 6.82. The van der Waals surface area contributed by atoms with E-state index >= 15 is 0 Å². The van der Waals surface area contributed by atoms with Crippen molar-refractivity contribution in [1.29, 1.82) is 0 Å². The SMILES string of the molecule is CCOc1ccc(C2NNC3c4cc(C)ccc4N(Cc4ccccc4)CC23)cc1. The molecule has 3 aromatic rings. The first-order valence-corrected chi connectivity index (χ1v) is 10.9. The van der Waals surface area contributed by atoms with E-state index in [-0.39, 0.29) is 6.04 Å². The van der Waals surface area contributed by atoms with E-state index in [1.54, 1.807) is 0 Å². The molecule has 1 saturated heterocycles. The second kappa shape index (κ2) is 8.13. The van der Waals surface area contributed by atoms with Gasteiger partial charge in [-0.25, -0.2) is 10.9 Å². The normalized spacial score (nSPS) is 22.5. The van der Waals surface area contributed by atoms with Crippen molar-refractivity contribution in [2.75, 3.05) is 18.1 Å². The van der Waals surface area contributed by atoms with Gasteiger partial charge in [0.15, 0.2) is 0 Å². The maximum atomic E-state index is 5.63. The molecule has 2 heterocycles. The van der Waals surface area contributed by atoms with Crippen LogP contribution in [0.4, 0.5) is 5.69 Å². The standard InChI is InChI=1S/C26H29N3O/c1-3-30-21-12-10-20(11-13-21)25-23-17-29(16-19-7-5-4-6-8-19)24-14-9-18(2)15-22(24)26(23)28-27-25/h4-15,23,25-28H,3,16-17H2,1-2H3. The van der Waals surface area contributed by atoms with Crippen molar-refractivity contribution in [2.24, 2.45) is 5.92 Å². The van der Waals surface area contributed by atoms with E-state index in [0.717, 1.165) is 18.8 Å².